The summed E-state index contributed by atoms with van der Waals surface area (Å²) < 4.78 is 26.7. The second-order valence-electron chi connectivity index (χ2n) is 4.18. The second kappa shape index (κ2) is 6.06. The van der Waals surface area contributed by atoms with Gasteiger partial charge in [0.1, 0.15) is 0 Å². The van der Waals surface area contributed by atoms with E-state index in [4.69, 9.17) is 5.73 Å². The molecule has 0 unspecified atom stereocenters. The van der Waals surface area contributed by atoms with E-state index < -0.39 is 10.0 Å². The Morgan fingerprint density at radius 2 is 2.00 bits per heavy atom. The van der Waals surface area contributed by atoms with E-state index in [1.807, 2.05) is 17.8 Å². The van der Waals surface area contributed by atoms with E-state index in [1.165, 1.54) is 0 Å². The number of sulfonamides is 1. The van der Waals surface area contributed by atoms with E-state index in [1.54, 1.807) is 22.5 Å². The molecule has 1 fully saturated rings. The summed E-state index contributed by atoms with van der Waals surface area (Å²) in [5, 5.41) is 0. The average Bonchev–Trinajstić information content (AvgIpc) is 2.68. The van der Waals surface area contributed by atoms with Crippen LogP contribution in [-0.2, 0) is 16.6 Å². The lowest BCUT2D eigenvalue weighted by Crippen LogP contribution is -2.33. The van der Waals surface area contributed by atoms with Crippen LogP contribution in [0.15, 0.2) is 29.2 Å². The van der Waals surface area contributed by atoms with Gasteiger partial charge in [0.15, 0.2) is 0 Å². The fourth-order valence-electron chi connectivity index (χ4n) is 2.03. The highest BCUT2D eigenvalue weighted by molar-refractivity contribution is 7.99. The van der Waals surface area contributed by atoms with Gasteiger partial charge < -0.3 is 5.73 Å². The van der Waals surface area contributed by atoms with Crippen LogP contribution in [0, 0.1) is 0 Å². The van der Waals surface area contributed by atoms with Crippen molar-refractivity contribution in [2.24, 2.45) is 5.73 Å². The Morgan fingerprint density at radius 1 is 1.22 bits per heavy atom. The largest absolute Gasteiger partial charge is 0.326 e. The third-order valence-corrected chi connectivity index (χ3v) is 6.04. The maximum absolute atomic E-state index is 12.6. The van der Waals surface area contributed by atoms with E-state index in [0.717, 1.165) is 17.9 Å². The topological polar surface area (TPSA) is 63.4 Å². The molecular weight excluding hydrogens is 268 g/mol. The zero-order chi connectivity index (χ0) is 13.0. The summed E-state index contributed by atoms with van der Waals surface area (Å²) in [6.07, 6.45) is 0.911. The van der Waals surface area contributed by atoms with Crippen LogP contribution < -0.4 is 5.73 Å². The lowest BCUT2D eigenvalue weighted by atomic mass is 10.2. The molecule has 100 valence electrons. The summed E-state index contributed by atoms with van der Waals surface area (Å²) in [7, 11) is -3.39. The second-order valence-corrected chi connectivity index (χ2v) is 7.31. The van der Waals surface area contributed by atoms with Crippen molar-refractivity contribution in [2.75, 3.05) is 24.6 Å². The van der Waals surface area contributed by atoms with Gasteiger partial charge >= 0.3 is 0 Å². The zero-order valence-corrected chi connectivity index (χ0v) is 11.8. The van der Waals surface area contributed by atoms with E-state index in [2.05, 4.69) is 0 Å². The van der Waals surface area contributed by atoms with Crippen LogP contribution in [0.5, 0.6) is 0 Å². The highest BCUT2D eigenvalue weighted by Crippen LogP contribution is 2.22. The standard InChI is InChI=1S/C12H18N2O2S2/c13-10-11-4-1-2-5-12(11)18(15,16)14-6-3-8-17-9-7-14/h1-2,4-5H,3,6-10,13H2. The van der Waals surface area contributed by atoms with Crippen LogP contribution in [0.3, 0.4) is 0 Å². The molecule has 0 saturated carbocycles. The third kappa shape index (κ3) is 2.88. The molecule has 0 spiro atoms. The summed E-state index contributed by atoms with van der Waals surface area (Å²) in [5.41, 5.74) is 6.31. The highest BCUT2D eigenvalue weighted by Gasteiger charge is 2.26. The van der Waals surface area contributed by atoms with Crippen molar-refractivity contribution >= 4 is 21.8 Å². The Kier molecular flexibility index (Phi) is 4.66. The summed E-state index contributed by atoms with van der Waals surface area (Å²) in [6.45, 7) is 1.44. The number of hydrogen-bond acceptors (Lipinski definition) is 4. The predicted molar refractivity (Wildman–Crippen MR) is 75.0 cm³/mol. The lowest BCUT2D eigenvalue weighted by Gasteiger charge is -2.21. The van der Waals surface area contributed by atoms with Gasteiger partial charge in [-0.1, -0.05) is 18.2 Å². The molecule has 1 aromatic carbocycles. The van der Waals surface area contributed by atoms with Crippen molar-refractivity contribution in [1.29, 1.82) is 0 Å². The number of nitrogens with two attached hydrogens (primary N) is 1. The monoisotopic (exact) mass is 286 g/mol. The van der Waals surface area contributed by atoms with Gasteiger partial charge in [0.2, 0.25) is 10.0 Å². The quantitative estimate of drug-likeness (QED) is 0.909. The van der Waals surface area contributed by atoms with Crippen LogP contribution in [0.2, 0.25) is 0 Å². The Hall–Kier alpha value is -0.560. The van der Waals surface area contributed by atoms with Gasteiger partial charge in [-0.2, -0.15) is 16.1 Å². The Bertz CT molecular complexity index is 495. The van der Waals surface area contributed by atoms with Gasteiger partial charge in [-0.25, -0.2) is 8.42 Å². The molecule has 0 aromatic heterocycles. The average molecular weight is 286 g/mol. The maximum atomic E-state index is 12.6. The summed E-state index contributed by atoms with van der Waals surface area (Å²) in [6, 6.07) is 6.99. The van der Waals surface area contributed by atoms with E-state index in [0.29, 0.717) is 23.5 Å². The van der Waals surface area contributed by atoms with E-state index in [9.17, 15) is 8.42 Å². The molecule has 0 aliphatic carbocycles. The predicted octanol–water partition coefficient (Wildman–Crippen LogP) is 1.27. The fourth-order valence-corrected chi connectivity index (χ4v) is 4.74. The van der Waals surface area contributed by atoms with Gasteiger partial charge in [-0.05, 0) is 23.8 Å². The Morgan fingerprint density at radius 3 is 2.78 bits per heavy atom. The molecule has 1 aliphatic heterocycles. The first-order chi connectivity index (χ1) is 8.66. The molecule has 6 heteroatoms. The van der Waals surface area contributed by atoms with Crippen molar-refractivity contribution in [2.45, 2.75) is 17.9 Å². The molecule has 0 bridgehead atoms. The zero-order valence-electron chi connectivity index (χ0n) is 10.2. The molecule has 1 saturated heterocycles. The molecule has 2 rings (SSSR count). The van der Waals surface area contributed by atoms with Gasteiger partial charge in [0.25, 0.3) is 0 Å². The maximum Gasteiger partial charge on any atom is 0.243 e. The number of thioether (sulfide) groups is 1. The molecule has 1 aliphatic rings. The first-order valence-electron chi connectivity index (χ1n) is 6.02. The molecule has 0 atom stereocenters. The van der Waals surface area contributed by atoms with Crippen LogP contribution in [0.25, 0.3) is 0 Å². The molecular formula is C12H18N2O2S2. The summed E-state index contributed by atoms with van der Waals surface area (Å²) in [4.78, 5) is 0.361. The van der Waals surface area contributed by atoms with Crippen molar-refractivity contribution in [3.05, 3.63) is 29.8 Å². The van der Waals surface area contributed by atoms with Crippen LogP contribution in [0.1, 0.15) is 12.0 Å². The van der Waals surface area contributed by atoms with Crippen molar-refractivity contribution < 1.29 is 8.42 Å². The van der Waals surface area contributed by atoms with Gasteiger partial charge in [0.05, 0.1) is 4.90 Å². The Balaban J connectivity index is 2.34. The first kappa shape index (κ1) is 13.9. The smallest absolute Gasteiger partial charge is 0.243 e. The normalized spacial score (nSPS) is 18.5. The third-order valence-electron chi connectivity index (χ3n) is 2.99. The van der Waals surface area contributed by atoms with Gasteiger partial charge in [-0.15, -0.1) is 0 Å². The number of hydrogen-bond donors (Lipinski definition) is 1. The molecule has 0 amide bonds. The van der Waals surface area contributed by atoms with Gasteiger partial charge in [0, 0.05) is 25.4 Å². The number of nitrogens with zero attached hydrogens (tertiary/aromatic N) is 1. The SMILES string of the molecule is NCc1ccccc1S(=O)(=O)N1CCCSCC1. The lowest BCUT2D eigenvalue weighted by molar-refractivity contribution is 0.434. The summed E-state index contributed by atoms with van der Waals surface area (Å²) in [5.74, 6) is 1.90. The van der Waals surface area contributed by atoms with E-state index in [-0.39, 0.29) is 6.54 Å². The highest BCUT2D eigenvalue weighted by atomic mass is 32.2. The van der Waals surface area contributed by atoms with Crippen molar-refractivity contribution in [1.82, 2.24) is 4.31 Å². The minimum absolute atomic E-state index is 0.248. The van der Waals surface area contributed by atoms with Crippen molar-refractivity contribution in [3.8, 4) is 0 Å². The molecule has 1 aromatic rings. The minimum Gasteiger partial charge on any atom is -0.326 e. The molecule has 4 nitrogen and oxygen atoms in total. The fraction of sp³-hybridized carbons (Fsp3) is 0.500. The molecule has 18 heavy (non-hydrogen) atoms. The number of benzene rings is 1. The van der Waals surface area contributed by atoms with Crippen LogP contribution in [-0.4, -0.2) is 37.3 Å². The Labute approximate surface area is 113 Å². The molecule has 1 heterocycles. The minimum atomic E-state index is -3.39. The molecule has 0 radical (unpaired) electrons. The van der Waals surface area contributed by atoms with E-state index >= 15 is 0 Å². The van der Waals surface area contributed by atoms with Gasteiger partial charge in [-0.3, -0.25) is 0 Å². The first-order valence-corrected chi connectivity index (χ1v) is 8.61. The summed E-state index contributed by atoms with van der Waals surface area (Å²) >= 11 is 1.81. The molecule has 2 N–H and O–H groups in total. The number of rotatable bonds is 3. The van der Waals surface area contributed by atoms with Crippen LogP contribution in [0.4, 0.5) is 0 Å². The van der Waals surface area contributed by atoms with Crippen molar-refractivity contribution in [3.63, 3.8) is 0 Å². The van der Waals surface area contributed by atoms with Crippen LogP contribution >= 0.6 is 11.8 Å².